The van der Waals surface area contributed by atoms with Crippen LogP contribution in [0.3, 0.4) is 0 Å². The minimum absolute atomic E-state index is 0.0875. The zero-order valence-electron chi connectivity index (χ0n) is 12.2. The zero-order chi connectivity index (χ0) is 18.7. The first-order chi connectivity index (χ1) is 11.6. The highest BCUT2D eigenvalue weighted by Gasteiger charge is 2.25. The Morgan fingerprint density at radius 2 is 1.28 bits per heavy atom. The normalized spacial score (nSPS) is 11.6. The second-order valence-corrected chi connectivity index (χ2v) is 7.09. The second-order valence-electron chi connectivity index (χ2n) is 4.52. The topological polar surface area (TPSA) is 141 Å². The average Bonchev–Trinajstić information content (AvgIpc) is 2.54. The van der Waals surface area contributed by atoms with E-state index in [9.17, 15) is 26.4 Å². The smallest absolute Gasteiger partial charge is 0.311 e. The molecule has 0 aliphatic carbocycles. The van der Waals surface area contributed by atoms with Gasteiger partial charge < -0.3 is 8.37 Å². The lowest BCUT2D eigenvalue weighted by atomic mass is 10.2. The van der Waals surface area contributed by atoms with Crippen molar-refractivity contribution in [3.8, 4) is 0 Å². The quantitative estimate of drug-likeness (QED) is 0.750. The predicted octanol–water partition coefficient (Wildman–Crippen LogP) is 1.19. The SMILES string of the molecule is O=C(OS(=O)(=O)OC(=O)c1cccc(S(=O)(=O)O)c1)c1ccccc1. The van der Waals surface area contributed by atoms with Crippen LogP contribution in [-0.4, -0.2) is 33.3 Å². The fraction of sp³-hybridized carbons (Fsp3) is 0. The molecule has 11 heteroatoms. The number of hydrogen-bond acceptors (Lipinski definition) is 8. The zero-order valence-corrected chi connectivity index (χ0v) is 13.9. The molecular weight excluding hydrogens is 376 g/mol. The van der Waals surface area contributed by atoms with E-state index in [4.69, 9.17) is 4.55 Å². The summed E-state index contributed by atoms with van der Waals surface area (Å²) in [5.74, 6) is -2.76. The first kappa shape index (κ1) is 18.6. The Labute approximate surface area is 142 Å². The lowest BCUT2D eigenvalue weighted by molar-refractivity contribution is 0.0647. The van der Waals surface area contributed by atoms with Crippen LogP contribution in [0.2, 0.25) is 0 Å². The maximum absolute atomic E-state index is 11.8. The van der Waals surface area contributed by atoms with E-state index in [1.807, 2.05) is 0 Å². The molecule has 0 aliphatic heterocycles. The molecule has 9 nitrogen and oxygen atoms in total. The van der Waals surface area contributed by atoms with E-state index in [0.29, 0.717) is 6.07 Å². The van der Waals surface area contributed by atoms with Crippen LogP contribution >= 0.6 is 0 Å². The molecule has 0 fully saturated rings. The van der Waals surface area contributed by atoms with Crippen LogP contribution in [0.4, 0.5) is 0 Å². The van der Waals surface area contributed by atoms with Crippen LogP contribution < -0.4 is 0 Å². The predicted molar refractivity (Wildman–Crippen MR) is 82.4 cm³/mol. The average molecular weight is 386 g/mol. The Hall–Kier alpha value is -2.76. The van der Waals surface area contributed by atoms with Gasteiger partial charge in [-0.2, -0.15) is 8.42 Å². The van der Waals surface area contributed by atoms with E-state index in [2.05, 4.69) is 8.37 Å². The maximum atomic E-state index is 11.8. The monoisotopic (exact) mass is 386 g/mol. The van der Waals surface area contributed by atoms with Gasteiger partial charge in [-0.25, -0.2) is 9.59 Å². The molecule has 0 radical (unpaired) electrons. The minimum atomic E-state index is -5.04. The molecule has 0 saturated carbocycles. The van der Waals surface area contributed by atoms with E-state index in [-0.39, 0.29) is 5.56 Å². The van der Waals surface area contributed by atoms with E-state index >= 15 is 0 Å². The van der Waals surface area contributed by atoms with Crippen LogP contribution in [-0.2, 0) is 28.9 Å². The van der Waals surface area contributed by atoms with Crippen LogP contribution in [0, 0.1) is 0 Å². The van der Waals surface area contributed by atoms with E-state index < -0.39 is 42.9 Å². The number of rotatable bonds is 5. The molecule has 2 aromatic carbocycles. The first-order valence-corrected chi connectivity index (χ1v) is 9.21. The third-order valence-corrected chi connectivity index (χ3v) is 4.29. The summed E-state index contributed by atoms with van der Waals surface area (Å²) in [4.78, 5) is 22.8. The van der Waals surface area contributed by atoms with Crippen molar-refractivity contribution in [2.45, 2.75) is 4.90 Å². The van der Waals surface area contributed by atoms with Gasteiger partial charge in [-0.15, -0.1) is 8.42 Å². The summed E-state index contributed by atoms with van der Waals surface area (Å²) in [5, 5.41) is 0. The van der Waals surface area contributed by atoms with Crippen LogP contribution in [0.15, 0.2) is 59.5 Å². The molecule has 0 amide bonds. The Morgan fingerprint density at radius 1 is 0.760 bits per heavy atom. The van der Waals surface area contributed by atoms with Gasteiger partial charge in [0.1, 0.15) is 0 Å². The summed E-state index contributed by atoms with van der Waals surface area (Å²) in [7, 11) is -9.64. The van der Waals surface area contributed by atoms with Crippen molar-refractivity contribution in [1.82, 2.24) is 0 Å². The molecule has 0 aliphatic rings. The molecule has 0 spiro atoms. The van der Waals surface area contributed by atoms with Crippen molar-refractivity contribution >= 4 is 32.5 Å². The molecule has 132 valence electrons. The third-order valence-electron chi connectivity index (χ3n) is 2.73. The van der Waals surface area contributed by atoms with E-state index in [1.165, 1.54) is 24.3 Å². The van der Waals surface area contributed by atoms with Gasteiger partial charge in [-0.1, -0.05) is 24.3 Å². The van der Waals surface area contributed by atoms with Crippen molar-refractivity contribution in [2.24, 2.45) is 0 Å². The highest BCUT2D eigenvalue weighted by Crippen LogP contribution is 2.14. The van der Waals surface area contributed by atoms with Crippen LogP contribution in [0.1, 0.15) is 20.7 Å². The summed E-state index contributed by atoms with van der Waals surface area (Å²) in [5.41, 5.74) is -0.579. The van der Waals surface area contributed by atoms with Crippen LogP contribution in [0.5, 0.6) is 0 Å². The molecule has 1 N–H and O–H groups in total. The Kier molecular flexibility index (Phi) is 5.21. The number of carbonyl (C=O) groups excluding carboxylic acids is 2. The number of carbonyl (C=O) groups is 2. The Balaban J connectivity index is 2.15. The van der Waals surface area contributed by atoms with Crippen molar-refractivity contribution in [2.75, 3.05) is 0 Å². The maximum Gasteiger partial charge on any atom is 0.506 e. The Morgan fingerprint density at radius 3 is 1.84 bits per heavy atom. The van der Waals surface area contributed by atoms with Gasteiger partial charge >= 0.3 is 22.3 Å². The van der Waals surface area contributed by atoms with Gasteiger partial charge in [-0.05, 0) is 30.3 Å². The molecule has 0 aromatic heterocycles. The van der Waals surface area contributed by atoms with Gasteiger partial charge in [0.2, 0.25) is 0 Å². The summed E-state index contributed by atoms with van der Waals surface area (Å²) < 4.78 is 62.4. The fourth-order valence-electron chi connectivity index (χ4n) is 1.66. The minimum Gasteiger partial charge on any atom is -0.311 e. The molecule has 0 unspecified atom stereocenters. The standard InChI is InChI=1S/C14H10O9S2/c15-13(10-5-2-1-3-6-10)22-25(20,21)23-14(16)11-7-4-8-12(9-11)24(17,18)19/h1-9H,(H,17,18,19). The van der Waals surface area contributed by atoms with Crippen molar-refractivity contribution < 1.29 is 39.3 Å². The van der Waals surface area contributed by atoms with Gasteiger partial charge in [0.15, 0.2) is 0 Å². The molecular formula is C14H10O9S2. The third kappa shape index (κ3) is 5.11. The molecule has 0 saturated heterocycles. The van der Waals surface area contributed by atoms with Gasteiger partial charge in [0.25, 0.3) is 10.1 Å². The van der Waals surface area contributed by atoms with E-state index in [0.717, 1.165) is 18.2 Å². The molecule has 0 heterocycles. The second kappa shape index (κ2) is 7.01. The van der Waals surface area contributed by atoms with Crippen LogP contribution in [0.25, 0.3) is 0 Å². The van der Waals surface area contributed by atoms with Crippen molar-refractivity contribution in [3.05, 3.63) is 65.7 Å². The molecule has 2 aromatic rings. The largest absolute Gasteiger partial charge is 0.506 e. The number of benzene rings is 2. The first-order valence-electron chi connectivity index (χ1n) is 6.44. The Bertz CT molecular complexity index is 1010. The summed E-state index contributed by atoms with van der Waals surface area (Å²) >= 11 is 0. The van der Waals surface area contributed by atoms with Crippen molar-refractivity contribution in [1.29, 1.82) is 0 Å². The van der Waals surface area contributed by atoms with Crippen molar-refractivity contribution in [3.63, 3.8) is 0 Å². The highest BCUT2D eigenvalue weighted by molar-refractivity contribution is 7.85. The molecule has 25 heavy (non-hydrogen) atoms. The summed E-state index contributed by atoms with van der Waals surface area (Å²) in [6.45, 7) is 0. The lowest BCUT2D eigenvalue weighted by Gasteiger charge is -2.06. The lowest BCUT2D eigenvalue weighted by Crippen LogP contribution is -2.19. The van der Waals surface area contributed by atoms with Gasteiger partial charge in [0, 0.05) is 0 Å². The molecule has 0 atom stereocenters. The molecule has 2 rings (SSSR count). The van der Waals surface area contributed by atoms with Gasteiger partial charge in [-0.3, -0.25) is 4.55 Å². The highest BCUT2D eigenvalue weighted by atomic mass is 32.3. The number of hydrogen-bond donors (Lipinski definition) is 1. The fourth-order valence-corrected chi connectivity index (χ4v) is 2.78. The summed E-state index contributed by atoms with van der Waals surface area (Å²) in [6, 6.07) is 10.9. The van der Waals surface area contributed by atoms with E-state index in [1.54, 1.807) is 6.07 Å². The molecule has 0 bridgehead atoms. The summed E-state index contributed by atoms with van der Waals surface area (Å²) in [6.07, 6.45) is 0. The van der Waals surface area contributed by atoms with Gasteiger partial charge in [0.05, 0.1) is 16.0 Å².